The molecule has 3 aromatic rings. The van der Waals surface area contributed by atoms with Crippen molar-refractivity contribution in [2.45, 2.75) is 50.0 Å². The van der Waals surface area contributed by atoms with E-state index in [0.29, 0.717) is 24.0 Å². The predicted octanol–water partition coefficient (Wildman–Crippen LogP) is 3.97. The number of hydrogen-bond donors (Lipinski definition) is 2. The van der Waals surface area contributed by atoms with Crippen LogP contribution >= 0.6 is 0 Å². The molecule has 9 heteroatoms. The van der Waals surface area contributed by atoms with Crippen LogP contribution in [0, 0.1) is 0 Å². The van der Waals surface area contributed by atoms with E-state index in [1.165, 1.54) is 18.4 Å². The summed E-state index contributed by atoms with van der Waals surface area (Å²) in [5, 5.41) is 7.70. The number of aromatic nitrogens is 4. The fraction of sp³-hybridized carbons (Fsp3) is 0.500. The normalized spacial score (nSPS) is 22.6. The van der Waals surface area contributed by atoms with E-state index in [0.717, 1.165) is 48.5 Å². The SMILES string of the molecule is FC1(F)CCC(Nc2cc(-c3nc(N4CCNCC4)c4c(C5CC5)cncc4n3)ccn2)C1. The molecule has 1 atom stereocenters. The molecule has 1 aliphatic heterocycles. The van der Waals surface area contributed by atoms with Crippen molar-refractivity contribution >= 4 is 22.5 Å². The van der Waals surface area contributed by atoms with Gasteiger partial charge in [0, 0.05) is 68.4 Å². The summed E-state index contributed by atoms with van der Waals surface area (Å²) in [6, 6.07) is 3.45. The maximum Gasteiger partial charge on any atom is 0.250 e. The number of anilines is 2. The smallest absolute Gasteiger partial charge is 0.250 e. The monoisotopic (exact) mass is 451 g/mol. The molecule has 0 amide bonds. The van der Waals surface area contributed by atoms with Crippen molar-refractivity contribution in [1.29, 1.82) is 0 Å². The summed E-state index contributed by atoms with van der Waals surface area (Å²) in [4.78, 5) is 21.1. The first-order chi connectivity index (χ1) is 16.1. The summed E-state index contributed by atoms with van der Waals surface area (Å²) in [6.45, 7) is 3.61. The molecule has 3 aliphatic rings. The first-order valence-electron chi connectivity index (χ1n) is 11.8. The first kappa shape index (κ1) is 20.7. The minimum atomic E-state index is -2.60. The van der Waals surface area contributed by atoms with Gasteiger partial charge < -0.3 is 15.5 Å². The number of halogens is 2. The fourth-order valence-electron chi connectivity index (χ4n) is 4.96. The summed E-state index contributed by atoms with van der Waals surface area (Å²) < 4.78 is 27.2. The zero-order valence-electron chi connectivity index (χ0n) is 18.4. The van der Waals surface area contributed by atoms with Crippen LogP contribution in [-0.2, 0) is 0 Å². The molecule has 3 aromatic heterocycles. The average molecular weight is 452 g/mol. The van der Waals surface area contributed by atoms with Gasteiger partial charge in [0.1, 0.15) is 11.6 Å². The highest BCUT2D eigenvalue weighted by Gasteiger charge is 2.39. The van der Waals surface area contributed by atoms with Gasteiger partial charge in [-0.25, -0.2) is 23.7 Å². The summed E-state index contributed by atoms with van der Waals surface area (Å²) in [5.41, 5.74) is 2.90. The second kappa shape index (κ2) is 8.13. The largest absolute Gasteiger partial charge is 0.367 e. The number of fused-ring (bicyclic) bond motifs is 1. The maximum absolute atomic E-state index is 13.6. The molecule has 2 saturated carbocycles. The predicted molar refractivity (Wildman–Crippen MR) is 124 cm³/mol. The minimum Gasteiger partial charge on any atom is -0.367 e. The molecule has 3 fully saturated rings. The minimum absolute atomic E-state index is 0.0808. The lowest BCUT2D eigenvalue weighted by atomic mass is 10.1. The molecule has 0 radical (unpaired) electrons. The lowest BCUT2D eigenvalue weighted by molar-refractivity contribution is 0.00852. The summed E-state index contributed by atoms with van der Waals surface area (Å²) in [5.74, 6) is 0.0860. The Bertz CT molecular complexity index is 1170. The molecule has 0 spiro atoms. The van der Waals surface area contributed by atoms with Gasteiger partial charge in [-0.2, -0.15) is 0 Å². The Morgan fingerprint density at radius 3 is 2.70 bits per heavy atom. The van der Waals surface area contributed by atoms with E-state index in [4.69, 9.17) is 9.97 Å². The molecule has 1 saturated heterocycles. The van der Waals surface area contributed by atoms with Crippen molar-refractivity contribution in [2.75, 3.05) is 36.4 Å². The fourth-order valence-corrected chi connectivity index (χ4v) is 4.96. The van der Waals surface area contributed by atoms with Crippen molar-refractivity contribution in [1.82, 2.24) is 25.3 Å². The number of nitrogens with zero attached hydrogens (tertiary/aromatic N) is 5. The van der Waals surface area contributed by atoms with Crippen LogP contribution in [0.5, 0.6) is 0 Å². The molecule has 6 rings (SSSR count). The second-order valence-corrected chi connectivity index (χ2v) is 9.37. The third-order valence-electron chi connectivity index (χ3n) is 6.82. The van der Waals surface area contributed by atoms with Gasteiger partial charge in [-0.1, -0.05) is 0 Å². The van der Waals surface area contributed by atoms with E-state index in [1.54, 1.807) is 6.20 Å². The summed E-state index contributed by atoms with van der Waals surface area (Å²) in [7, 11) is 0. The Labute approximate surface area is 191 Å². The van der Waals surface area contributed by atoms with Crippen LogP contribution in [0.25, 0.3) is 22.3 Å². The van der Waals surface area contributed by atoms with Gasteiger partial charge in [-0.05, 0) is 42.9 Å². The molecule has 1 unspecified atom stereocenters. The van der Waals surface area contributed by atoms with Crippen LogP contribution in [0.1, 0.15) is 43.6 Å². The van der Waals surface area contributed by atoms with Gasteiger partial charge in [0.25, 0.3) is 0 Å². The van der Waals surface area contributed by atoms with Crippen molar-refractivity contribution < 1.29 is 8.78 Å². The zero-order valence-corrected chi connectivity index (χ0v) is 18.4. The van der Waals surface area contributed by atoms with E-state index in [9.17, 15) is 8.78 Å². The number of alkyl halides is 2. The molecule has 2 aliphatic carbocycles. The van der Waals surface area contributed by atoms with E-state index in [-0.39, 0.29) is 18.9 Å². The number of pyridine rings is 2. The Morgan fingerprint density at radius 1 is 1.09 bits per heavy atom. The van der Waals surface area contributed by atoms with Crippen LogP contribution in [0.15, 0.2) is 30.7 Å². The highest BCUT2D eigenvalue weighted by Crippen LogP contribution is 2.45. The van der Waals surface area contributed by atoms with E-state index in [1.807, 2.05) is 24.5 Å². The van der Waals surface area contributed by atoms with Gasteiger partial charge in [-0.3, -0.25) is 4.98 Å². The van der Waals surface area contributed by atoms with E-state index >= 15 is 0 Å². The van der Waals surface area contributed by atoms with Crippen LogP contribution in [-0.4, -0.2) is 58.1 Å². The second-order valence-electron chi connectivity index (χ2n) is 9.37. The molecule has 7 nitrogen and oxygen atoms in total. The van der Waals surface area contributed by atoms with Crippen LogP contribution < -0.4 is 15.5 Å². The van der Waals surface area contributed by atoms with Gasteiger partial charge in [0.05, 0.1) is 11.7 Å². The number of hydrogen-bond acceptors (Lipinski definition) is 7. The van der Waals surface area contributed by atoms with Gasteiger partial charge in [0.15, 0.2) is 5.82 Å². The molecular weight excluding hydrogens is 424 g/mol. The molecule has 4 heterocycles. The number of nitrogens with one attached hydrogen (secondary N) is 2. The highest BCUT2D eigenvalue weighted by molar-refractivity contribution is 5.94. The third kappa shape index (κ3) is 4.21. The van der Waals surface area contributed by atoms with Crippen molar-refractivity contribution in [3.63, 3.8) is 0 Å². The Morgan fingerprint density at radius 2 is 1.94 bits per heavy atom. The topological polar surface area (TPSA) is 78.9 Å². The number of piperazine rings is 1. The van der Waals surface area contributed by atoms with Crippen molar-refractivity contribution in [3.05, 3.63) is 36.3 Å². The third-order valence-corrected chi connectivity index (χ3v) is 6.82. The molecular formula is C24H27F2N7. The lowest BCUT2D eigenvalue weighted by Crippen LogP contribution is -2.44. The van der Waals surface area contributed by atoms with Gasteiger partial charge in [-0.15, -0.1) is 0 Å². The highest BCUT2D eigenvalue weighted by atomic mass is 19.3. The Hall–Kier alpha value is -2.94. The zero-order chi connectivity index (χ0) is 22.4. The first-order valence-corrected chi connectivity index (χ1v) is 11.8. The Balaban J connectivity index is 1.39. The van der Waals surface area contributed by atoms with Crippen LogP contribution in [0.4, 0.5) is 20.4 Å². The maximum atomic E-state index is 13.6. The van der Waals surface area contributed by atoms with Crippen molar-refractivity contribution in [2.24, 2.45) is 0 Å². The Kier molecular flexibility index (Phi) is 5.09. The average Bonchev–Trinajstić information content (AvgIpc) is 3.62. The van der Waals surface area contributed by atoms with Gasteiger partial charge in [0.2, 0.25) is 5.92 Å². The van der Waals surface area contributed by atoms with Crippen LogP contribution in [0.2, 0.25) is 0 Å². The standard InChI is InChI=1S/C24H27F2N7/c25-24(26)5-3-17(12-24)30-20-11-16(4-6-29-20)22-31-19-14-28-13-18(15-1-2-15)21(19)23(32-22)33-9-7-27-8-10-33/h4,6,11,13-15,17,27H,1-3,5,7-10,12H2,(H,29,30). The summed E-state index contributed by atoms with van der Waals surface area (Å²) in [6.07, 6.45) is 8.04. The summed E-state index contributed by atoms with van der Waals surface area (Å²) >= 11 is 0. The van der Waals surface area contributed by atoms with Crippen molar-refractivity contribution in [3.8, 4) is 11.4 Å². The molecule has 0 aromatic carbocycles. The molecule has 0 bridgehead atoms. The molecule has 33 heavy (non-hydrogen) atoms. The van der Waals surface area contributed by atoms with E-state index in [2.05, 4.69) is 25.5 Å². The molecule has 2 N–H and O–H groups in total. The quantitative estimate of drug-likeness (QED) is 0.608. The lowest BCUT2D eigenvalue weighted by Gasteiger charge is -2.30. The van der Waals surface area contributed by atoms with E-state index < -0.39 is 5.92 Å². The van der Waals surface area contributed by atoms with Crippen LogP contribution in [0.3, 0.4) is 0 Å². The number of rotatable bonds is 5. The molecule has 172 valence electrons. The van der Waals surface area contributed by atoms with Gasteiger partial charge >= 0.3 is 0 Å².